The van der Waals surface area contributed by atoms with E-state index in [0.717, 1.165) is 5.92 Å². The van der Waals surface area contributed by atoms with Gasteiger partial charge in [-0.3, -0.25) is 0 Å². The SMILES string of the molecule is CC1=C/C=C\C=C/C=C\1.CC1CCCC1. The van der Waals surface area contributed by atoms with E-state index < -0.39 is 0 Å². The summed E-state index contributed by atoms with van der Waals surface area (Å²) in [6.07, 6.45) is 20.2. The van der Waals surface area contributed by atoms with Gasteiger partial charge in [0, 0.05) is 0 Å². The van der Waals surface area contributed by atoms with Crippen LogP contribution in [0, 0.1) is 5.92 Å². The maximum atomic E-state index is 2.34. The van der Waals surface area contributed by atoms with Crippen molar-refractivity contribution >= 4 is 0 Å². The highest BCUT2D eigenvalue weighted by Gasteiger charge is 2.07. The molecule has 0 radical (unpaired) electrons. The fourth-order valence-electron chi connectivity index (χ4n) is 1.79. The first-order chi connectivity index (χ1) is 7.29. The van der Waals surface area contributed by atoms with E-state index in [4.69, 9.17) is 0 Å². The lowest BCUT2D eigenvalue weighted by molar-refractivity contribution is 0.612. The van der Waals surface area contributed by atoms with Crippen molar-refractivity contribution in [3.63, 3.8) is 0 Å². The van der Waals surface area contributed by atoms with Gasteiger partial charge >= 0.3 is 0 Å². The van der Waals surface area contributed by atoms with E-state index in [-0.39, 0.29) is 0 Å². The molecular weight excluding hydrogens is 180 g/mol. The van der Waals surface area contributed by atoms with Gasteiger partial charge in [-0.2, -0.15) is 0 Å². The van der Waals surface area contributed by atoms with E-state index in [0.29, 0.717) is 0 Å². The maximum Gasteiger partial charge on any atom is -0.0398 e. The maximum absolute atomic E-state index is 2.34. The molecule has 0 saturated heterocycles. The van der Waals surface area contributed by atoms with Crippen molar-refractivity contribution in [2.45, 2.75) is 39.5 Å². The lowest BCUT2D eigenvalue weighted by Gasteiger charge is -1.91. The second-order valence-electron chi connectivity index (χ2n) is 4.43. The van der Waals surface area contributed by atoms with E-state index in [2.05, 4.69) is 26.0 Å². The van der Waals surface area contributed by atoms with Gasteiger partial charge in [0.1, 0.15) is 0 Å². The third-order valence-electron chi connectivity index (χ3n) is 2.81. The Labute approximate surface area is 94.1 Å². The van der Waals surface area contributed by atoms with Crippen molar-refractivity contribution in [1.82, 2.24) is 0 Å². The molecule has 0 amide bonds. The molecule has 0 atom stereocenters. The zero-order valence-electron chi connectivity index (χ0n) is 9.95. The molecule has 0 bridgehead atoms. The first kappa shape index (κ1) is 12.0. The summed E-state index contributed by atoms with van der Waals surface area (Å²) in [5.74, 6) is 1.05. The molecule has 0 heterocycles. The van der Waals surface area contributed by atoms with Crippen LogP contribution in [0.5, 0.6) is 0 Å². The Hall–Kier alpha value is -1.04. The third-order valence-corrected chi connectivity index (χ3v) is 2.81. The van der Waals surface area contributed by atoms with Crippen molar-refractivity contribution < 1.29 is 0 Å². The molecule has 0 spiro atoms. The molecule has 1 saturated carbocycles. The van der Waals surface area contributed by atoms with E-state index in [9.17, 15) is 0 Å². The Kier molecular flexibility index (Phi) is 5.84. The minimum atomic E-state index is 1.05. The molecule has 0 heteroatoms. The second kappa shape index (κ2) is 7.28. The van der Waals surface area contributed by atoms with Crippen molar-refractivity contribution in [2.24, 2.45) is 5.92 Å². The molecule has 2 aliphatic rings. The van der Waals surface area contributed by atoms with Crippen LogP contribution in [0.4, 0.5) is 0 Å². The number of rotatable bonds is 0. The summed E-state index contributed by atoms with van der Waals surface area (Å²) in [5, 5.41) is 0. The van der Waals surface area contributed by atoms with Crippen LogP contribution in [0.1, 0.15) is 39.5 Å². The highest BCUT2D eigenvalue weighted by atomic mass is 14.1. The minimum absolute atomic E-state index is 1.05. The Morgan fingerprint density at radius 1 is 0.933 bits per heavy atom. The van der Waals surface area contributed by atoms with E-state index in [1.54, 1.807) is 0 Å². The Morgan fingerprint density at radius 2 is 1.53 bits per heavy atom. The summed E-state index contributed by atoms with van der Waals surface area (Å²) in [6, 6.07) is 0. The van der Waals surface area contributed by atoms with Gasteiger partial charge in [0.2, 0.25) is 0 Å². The molecule has 0 N–H and O–H groups in total. The average molecular weight is 202 g/mol. The van der Waals surface area contributed by atoms with Crippen LogP contribution in [-0.2, 0) is 0 Å². The third kappa shape index (κ3) is 6.11. The van der Waals surface area contributed by atoms with E-state index in [1.807, 2.05) is 30.4 Å². The van der Waals surface area contributed by atoms with Crippen LogP contribution >= 0.6 is 0 Å². The Balaban J connectivity index is 0.000000162. The van der Waals surface area contributed by atoms with Crippen LogP contribution in [0.3, 0.4) is 0 Å². The topological polar surface area (TPSA) is 0 Å². The molecule has 0 aromatic carbocycles. The van der Waals surface area contributed by atoms with Crippen molar-refractivity contribution in [1.29, 1.82) is 0 Å². The zero-order chi connectivity index (χ0) is 10.9. The van der Waals surface area contributed by atoms with E-state index >= 15 is 0 Å². The highest BCUT2D eigenvalue weighted by Crippen LogP contribution is 2.22. The lowest BCUT2D eigenvalue weighted by atomic mass is 10.2. The van der Waals surface area contributed by atoms with Crippen LogP contribution in [0.15, 0.2) is 48.1 Å². The second-order valence-corrected chi connectivity index (χ2v) is 4.43. The summed E-state index contributed by atoms with van der Waals surface area (Å²) in [5.41, 5.74) is 1.29. The molecule has 2 aliphatic carbocycles. The monoisotopic (exact) mass is 202 g/mol. The van der Waals surface area contributed by atoms with Gasteiger partial charge < -0.3 is 0 Å². The number of hydrogen-bond acceptors (Lipinski definition) is 0. The van der Waals surface area contributed by atoms with Gasteiger partial charge in [-0.15, -0.1) is 0 Å². The molecule has 1 fully saturated rings. The number of allylic oxidation sites excluding steroid dienone is 8. The predicted octanol–water partition coefficient (Wildman–Crippen LogP) is 4.81. The van der Waals surface area contributed by atoms with Crippen LogP contribution in [0.2, 0.25) is 0 Å². The summed E-state index contributed by atoms with van der Waals surface area (Å²) in [7, 11) is 0. The van der Waals surface area contributed by atoms with Gasteiger partial charge in [0.15, 0.2) is 0 Å². The molecule has 15 heavy (non-hydrogen) atoms. The van der Waals surface area contributed by atoms with Crippen molar-refractivity contribution in [3.8, 4) is 0 Å². The van der Waals surface area contributed by atoms with Gasteiger partial charge in [-0.25, -0.2) is 0 Å². The molecular formula is C15H22. The Morgan fingerprint density at radius 3 is 2.13 bits per heavy atom. The van der Waals surface area contributed by atoms with Crippen LogP contribution in [-0.4, -0.2) is 0 Å². The van der Waals surface area contributed by atoms with Gasteiger partial charge in [0.05, 0.1) is 0 Å². The molecule has 0 nitrogen and oxygen atoms in total. The first-order valence-corrected chi connectivity index (χ1v) is 5.97. The quantitative estimate of drug-likeness (QED) is 0.528. The average Bonchev–Trinajstić information content (AvgIpc) is 2.64. The molecule has 2 rings (SSSR count). The standard InChI is InChI=1S/C9H10.C6H12/c1-9-7-5-3-2-4-6-8-9;1-6-4-2-3-5-6/h2-8H,1H3;6H,2-5H2,1H3/b3-2-,4-2?,5-3?,6-4-,7-5-,8-6?,9-7?,9-8-;. The number of hydrogen-bond donors (Lipinski definition) is 0. The summed E-state index contributed by atoms with van der Waals surface area (Å²) >= 11 is 0. The summed E-state index contributed by atoms with van der Waals surface area (Å²) in [4.78, 5) is 0. The smallest absolute Gasteiger partial charge is 0.0398 e. The van der Waals surface area contributed by atoms with Crippen LogP contribution < -0.4 is 0 Å². The molecule has 0 aliphatic heterocycles. The normalized spacial score (nSPS) is 30.1. The minimum Gasteiger partial charge on any atom is -0.0625 e. The van der Waals surface area contributed by atoms with Crippen molar-refractivity contribution in [2.75, 3.05) is 0 Å². The molecule has 0 aromatic heterocycles. The summed E-state index contributed by atoms with van der Waals surface area (Å²) < 4.78 is 0. The Bertz CT molecular complexity index is 270. The predicted molar refractivity (Wildman–Crippen MR) is 68.8 cm³/mol. The van der Waals surface area contributed by atoms with Gasteiger partial charge in [0.25, 0.3) is 0 Å². The zero-order valence-corrected chi connectivity index (χ0v) is 9.95. The fraction of sp³-hybridized carbons (Fsp3) is 0.467. The fourth-order valence-corrected chi connectivity index (χ4v) is 1.79. The first-order valence-electron chi connectivity index (χ1n) is 5.97. The largest absolute Gasteiger partial charge is 0.0625 e. The lowest BCUT2D eigenvalue weighted by Crippen LogP contribution is -1.78. The van der Waals surface area contributed by atoms with Gasteiger partial charge in [-0.1, -0.05) is 80.7 Å². The molecule has 0 aromatic rings. The van der Waals surface area contributed by atoms with E-state index in [1.165, 1.54) is 31.3 Å². The highest BCUT2D eigenvalue weighted by molar-refractivity contribution is 5.29. The van der Waals surface area contributed by atoms with Crippen LogP contribution in [0.25, 0.3) is 0 Å². The van der Waals surface area contributed by atoms with Gasteiger partial charge in [-0.05, 0) is 12.8 Å². The summed E-state index contributed by atoms with van der Waals surface area (Å²) in [6.45, 7) is 4.42. The molecule has 82 valence electrons. The molecule has 0 unspecified atom stereocenters. The van der Waals surface area contributed by atoms with Crippen molar-refractivity contribution in [3.05, 3.63) is 48.1 Å².